The van der Waals surface area contributed by atoms with E-state index in [1.54, 1.807) is 0 Å². The van der Waals surface area contributed by atoms with Crippen LogP contribution < -0.4 is 11.5 Å². The van der Waals surface area contributed by atoms with Gasteiger partial charge in [0.2, 0.25) is 0 Å². The van der Waals surface area contributed by atoms with E-state index in [-0.39, 0.29) is 11.2 Å². The van der Waals surface area contributed by atoms with Gasteiger partial charge < -0.3 is 11.5 Å². The van der Waals surface area contributed by atoms with Crippen LogP contribution in [0.2, 0.25) is 0 Å². The molecule has 1 aromatic rings. The van der Waals surface area contributed by atoms with Gasteiger partial charge in [0.05, 0.1) is 0 Å². The molecule has 1 aliphatic carbocycles. The third kappa shape index (κ3) is 2.39. The highest BCUT2D eigenvalue weighted by Crippen LogP contribution is 2.24. The van der Waals surface area contributed by atoms with Crippen molar-refractivity contribution in [2.45, 2.75) is 25.3 Å². The molecule has 1 atom stereocenters. The Balaban J connectivity index is 2.21. The van der Waals surface area contributed by atoms with Crippen LogP contribution in [0, 0.1) is 0 Å². The third-order valence-corrected chi connectivity index (χ3v) is 3.36. The number of carbonyl (C=O) groups excluding carboxylic acids is 1. The normalized spacial score (nSPS) is 18.2. The number of hydrogen-bond donors (Lipinski definition) is 2. The number of amides is 2. The molecule has 0 fully saturated rings. The summed E-state index contributed by atoms with van der Waals surface area (Å²) in [7, 11) is 0. The number of primary amides is 1. The fraction of sp³-hybridized carbons (Fsp3) is 0.333. The summed E-state index contributed by atoms with van der Waals surface area (Å²) < 4.78 is 0. The molecular formula is C12H15N3OS. The number of benzene rings is 1. The van der Waals surface area contributed by atoms with Crippen LogP contribution in [0.15, 0.2) is 24.3 Å². The van der Waals surface area contributed by atoms with Gasteiger partial charge in [-0.25, -0.2) is 4.79 Å². The van der Waals surface area contributed by atoms with Crippen molar-refractivity contribution in [2.24, 2.45) is 11.5 Å². The lowest BCUT2D eigenvalue weighted by Gasteiger charge is -2.32. The van der Waals surface area contributed by atoms with E-state index < -0.39 is 6.03 Å². The predicted octanol–water partition coefficient (Wildman–Crippen LogP) is 1.17. The number of thiocarbonyl (C=S) groups is 1. The van der Waals surface area contributed by atoms with Gasteiger partial charge in [0.1, 0.15) is 0 Å². The number of rotatable bonds is 1. The van der Waals surface area contributed by atoms with Crippen molar-refractivity contribution in [3.8, 4) is 0 Å². The zero-order chi connectivity index (χ0) is 12.4. The number of nitrogens with zero attached hydrogens (tertiary/aromatic N) is 1. The van der Waals surface area contributed by atoms with Crippen molar-refractivity contribution in [3.05, 3.63) is 35.4 Å². The monoisotopic (exact) mass is 249 g/mol. The molecule has 0 radical (unpaired) electrons. The number of aryl methyl sites for hydroxylation is 1. The first-order chi connectivity index (χ1) is 8.09. The zero-order valence-electron chi connectivity index (χ0n) is 9.43. The first kappa shape index (κ1) is 11.9. The Morgan fingerprint density at radius 3 is 2.53 bits per heavy atom. The Morgan fingerprint density at radius 1 is 1.29 bits per heavy atom. The van der Waals surface area contributed by atoms with Crippen LogP contribution in [0.5, 0.6) is 0 Å². The van der Waals surface area contributed by atoms with Crippen LogP contribution in [0.3, 0.4) is 0 Å². The van der Waals surface area contributed by atoms with Crippen molar-refractivity contribution in [2.75, 3.05) is 0 Å². The molecule has 0 saturated carbocycles. The number of urea groups is 1. The summed E-state index contributed by atoms with van der Waals surface area (Å²) in [6.07, 6.45) is 2.53. The molecule has 0 aliphatic heterocycles. The second-order valence-corrected chi connectivity index (χ2v) is 4.63. The summed E-state index contributed by atoms with van der Waals surface area (Å²) in [6.45, 7) is 0. The Hall–Kier alpha value is -1.62. The van der Waals surface area contributed by atoms with Crippen molar-refractivity contribution >= 4 is 23.4 Å². The van der Waals surface area contributed by atoms with E-state index in [0.29, 0.717) is 0 Å². The van der Waals surface area contributed by atoms with E-state index in [4.69, 9.17) is 23.7 Å². The second kappa shape index (κ2) is 4.71. The van der Waals surface area contributed by atoms with Crippen molar-refractivity contribution < 1.29 is 4.79 Å². The molecule has 0 spiro atoms. The molecule has 1 aromatic carbocycles. The van der Waals surface area contributed by atoms with Crippen molar-refractivity contribution in [1.29, 1.82) is 0 Å². The average molecular weight is 249 g/mol. The Kier molecular flexibility index (Phi) is 3.28. The lowest BCUT2D eigenvalue weighted by atomic mass is 9.88. The molecule has 90 valence electrons. The maximum absolute atomic E-state index is 11.3. The highest BCUT2D eigenvalue weighted by molar-refractivity contribution is 7.80. The molecule has 0 bridgehead atoms. The first-order valence-corrected chi connectivity index (χ1v) is 5.95. The van der Waals surface area contributed by atoms with Crippen LogP contribution in [0.25, 0.3) is 0 Å². The van der Waals surface area contributed by atoms with Gasteiger partial charge in [-0.2, -0.15) is 0 Å². The molecule has 0 aromatic heterocycles. The highest BCUT2D eigenvalue weighted by atomic mass is 32.1. The lowest BCUT2D eigenvalue weighted by molar-refractivity contribution is 0.213. The smallest absolute Gasteiger partial charge is 0.321 e. The van der Waals surface area contributed by atoms with Gasteiger partial charge >= 0.3 is 6.03 Å². The van der Waals surface area contributed by atoms with Crippen molar-refractivity contribution in [1.82, 2.24) is 4.90 Å². The fourth-order valence-corrected chi connectivity index (χ4v) is 2.61. The van der Waals surface area contributed by atoms with Gasteiger partial charge in [0.15, 0.2) is 5.11 Å². The fourth-order valence-electron chi connectivity index (χ4n) is 2.37. The first-order valence-electron chi connectivity index (χ1n) is 5.54. The minimum Gasteiger partial charge on any atom is -0.376 e. The molecular weight excluding hydrogens is 234 g/mol. The largest absolute Gasteiger partial charge is 0.376 e. The molecule has 0 heterocycles. The number of nitrogens with two attached hydrogens (primary N) is 2. The molecule has 5 heteroatoms. The van der Waals surface area contributed by atoms with E-state index in [9.17, 15) is 4.79 Å². The summed E-state index contributed by atoms with van der Waals surface area (Å²) in [5.41, 5.74) is 13.4. The molecule has 2 rings (SSSR count). The van der Waals surface area contributed by atoms with Crippen LogP contribution >= 0.6 is 12.2 Å². The maximum atomic E-state index is 11.3. The molecule has 1 unspecified atom stereocenters. The Morgan fingerprint density at radius 2 is 1.94 bits per heavy atom. The Bertz CT molecular complexity index is 447. The lowest BCUT2D eigenvalue weighted by Crippen LogP contribution is -2.51. The van der Waals surface area contributed by atoms with Gasteiger partial charge in [0.25, 0.3) is 0 Å². The summed E-state index contributed by atoms with van der Waals surface area (Å²) in [5, 5.41) is 0.0573. The maximum Gasteiger partial charge on any atom is 0.321 e. The molecule has 17 heavy (non-hydrogen) atoms. The summed E-state index contributed by atoms with van der Waals surface area (Å²) in [4.78, 5) is 12.7. The zero-order valence-corrected chi connectivity index (χ0v) is 10.2. The van der Waals surface area contributed by atoms with Gasteiger partial charge in [-0.15, -0.1) is 0 Å². The van der Waals surface area contributed by atoms with Gasteiger partial charge in [-0.3, -0.25) is 4.90 Å². The highest BCUT2D eigenvalue weighted by Gasteiger charge is 2.27. The van der Waals surface area contributed by atoms with Gasteiger partial charge in [-0.05, 0) is 42.6 Å². The minimum atomic E-state index is -0.568. The SMILES string of the molecule is NC(=O)N(C(N)=S)C1CCc2ccccc2C1. The third-order valence-electron chi connectivity index (χ3n) is 3.16. The average Bonchev–Trinajstić information content (AvgIpc) is 2.28. The summed E-state index contributed by atoms with van der Waals surface area (Å²) in [5.74, 6) is 0. The summed E-state index contributed by atoms with van der Waals surface area (Å²) in [6, 6.07) is 7.62. The Labute approximate surface area is 106 Å². The number of carbonyl (C=O) groups is 1. The van der Waals surface area contributed by atoms with Gasteiger partial charge in [-0.1, -0.05) is 24.3 Å². The molecule has 4 nitrogen and oxygen atoms in total. The molecule has 2 amide bonds. The van der Waals surface area contributed by atoms with Crippen molar-refractivity contribution in [3.63, 3.8) is 0 Å². The topological polar surface area (TPSA) is 72.4 Å². The molecule has 4 N–H and O–H groups in total. The summed E-state index contributed by atoms with van der Waals surface area (Å²) >= 11 is 4.88. The standard InChI is InChI=1S/C12H15N3OS/c13-11(16)15(12(14)17)10-6-5-8-3-1-2-4-9(8)7-10/h1-4,10H,5-7H2,(H2,13,16)(H2,14,17). The second-order valence-electron chi connectivity index (χ2n) is 4.21. The number of fused-ring (bicyclic) bond motifs is 1. The van der Waals surface area contributed by atoms with Crippen LogP contribution in [0.4, 0.5) is 4.79 Å². The minimum absolute atomic E-state index is 0.0140. The van der Waals surface area contributed by atoms with E-state index in [2.05, 4.69) is 12.1 Å². The van der Waals surface area contributed by atoms with E-state index in [0.717, 1.165) is 19.3 Å². The number of hydrogen-bond acceptors (Lipinski definition) is 2. The molecule has 0 saturated heterocycles. The quantitative estimate of drug-likeness (QED) is 0.734. The molecule has 1 aliphatic rings. The van der Waals surface area contributed by atoms with Crippen LogP contribution in [0.1, 0.15) is 17.5 Å². The van der Waals surface area contributed by atoms with E-state index in [1.807, 2.05) is 12.1 Å². The van der Waals surface area contributed by atoms with E-state index in [1.165, 1.54) is 16.0 Å². The van der Waals surface area contributed by atoms with E-state index >= 15 is 0 Å². The van der Waals surface area contributed by atoms with Gasteiger partial charge in [0, 0.05) is 6.04 Å². The van der Waals surface area contributed by atoms with Crippen LogP contribution in [-0.4, -0.2) is 22.1 Å². The predicted molar refractivity (Wildman–Crippen MR) is 70.5 cm³/mol. The van der Waals surface area contributed by atoms with Crippen LogP contribution in [-0.2, 0) is 12.8 Å².